The average Bonchev–Trinajstić information content (AvgIpc) is 2.99. The summed E-state index contributed by atoms with van der Waals surface area (Å²) < 4.78 is 33.2. The van der Waals surface area contributed by atoms with E-state index in [1.54, 1.807) is 17.2 Å². The fourth-order valence-electron chi connectivity index (χ4n) is 2.55. The molecule has 1 aliphatic heterocycles. The molecule has 2 unspecified atom stereocenters. The van der Waals surface area contributed by atoms with Crippen molar-refractivity contribution in [1.82, 2.24) is 9.88 Å². The number of anilines is 1. The summed E-state index contributed by atoms with van der Waals surface area (Å²) in [5.74, 6) is -0.990. The smallest absolute Gasteiger partial charge is 0.308 e. The predicted molar refractivity (Wildman–Crippen MR) is 94.7 cm³/mol. The van der Waals surface area contributed by atoms with Crippen LogP contribution in [0, 0.1) is 0 Å². The Labute approximate surface area is 153 Å². The number of ether oxygens (including phenoxy) is 2. The molecule has 0 bridgehead atoms. The number of nitrogens with two attached hydrogens (primary N) is 1. The van der Waals surface area contributed by atoms with Crippen molar-refractivity contribution in [2.75, 3.05) is 24.6 Å². The summed E-state index contributed by atoms with van der Waals surface area (Å²) in [6.45, 7) is 4.42. The van der Waals surface area contributed by atoms with E-state index < -0.39 is 28.5 Å². The molecule has 0 spiro atoms. The molecule has 11 heteroatoms. The zero-order chi connectivity index (χ0) is 19.3. The number of nitrogens with one attached hydrogen (secondary N) is 1. The summed E-state index contributed by atoms with van der Waals surface area (Å²) in [5.41, 5.74) is 4.94. The molecule has 2 heterocycles. The summed E-state index contributed by atoms with van der Waals surface area (Å²) in [6.07, 6.45) is 1.68. The highest BCUT2D eigenvalue weighted by atomic mass is 32.2. The number of amides is 1. The fraction of sp³-hybridized carbons (Fsp3) is 0.600. The summed E-state index contributed by atoms with van der Waals surface area (Å²) in [4.78, 5) is 25.5. The van der Waals surface area contributed by atoms with Crippen LogP contribution in [-0.4, -0.2) is 56.5 Å². The van der Waals surface area contributed by atoms with Gasteiger partial charge in [0.05, 0.1) is 24.8 Å². The molecule has 0 radical (unpaired) electrons. The molecule has 1 aliphatic rings. The highest BCUT2D eigenvalue weighted by molar-refractivity contribution is 7.80. The number of hydrogen-bond donors (Lipinski definition) is 3. The Hall–Kier alpha value is -1.95. The fourth-order valence-corrected chi connectivity index (χ4v) is 3.19. The van der Waals surface area contributed by atoms with Gasteiger partial charge in [0.2, 0.25) is 5.50 Å². The number of hydrogen-bond acceptors (Lipinski definition) is 7. The normalized spacial score (nSPS) is 17.8. The molecule has 1 aromatic heterocycles. The minimum atomic E-state index is -2.30. The number of carbonyl (C=O) groups excluding carboxylic acids is 2. The zero-order valence-corrected chi connectivity index (χ0v) is 15.5. The summed E-state index contributed by atoms with van der Waals surface area (Å²) in [6, 6.07) is 1.64. The van der Waals surface area contributed by atoms with Gasteiger partial charge in [0.25, 0.3) is 5.91 Å². The van der Waals surface area contributed by atoms with Crippen molar-refractivity contribution < 1.29 is 27.8 Å². The van der Waals surface area contributed by atoms with Crippen LogP contribution in [0.1, 0.15) is 30.8 Å². The molecule has 26 heavy (non-hydrogen) atoms. The van der Waals surface area contributed by atoms with E-state index in [2.05, 4.69) is 5.32 Å². The Morgan fingerprint density at radius 3 is 2.85 bits per heavy atom. The topological polar surface area (TPSA) is 136 Å². The molecule has 1 aromatic rings. The predicted octanol–water partition coefficient (Wildman–Crippen LogP) is -0.182. The van der Waals surface area contributed by atoms with Crippen molar-refractivity contribution in [3.8, 4) is 0 Å². The third-order valence-electron chi connectivity index (χ3n) is 3.69. The number of aromatic nitrogens is 1. The van der Waals surface area contributed by atoms with Gasteiger partial charge in [0.1, 0.15) is 5.69 Å². The molecule has 0 saturated carbocycles. The van der Waals surface area contributed by atoms with Crippen LogP contribution in [-0.2, 0) is 32.1 Å². The van der Waals surface area contributed by atoms with E-state index in [0.717, 1.165) is 0 Å². The standard InChI is InChI=1S/C15H24N4O6S/c1-10(2)24-8-7-19-11-4-6-18(9-25-12(20)3-5-16)13(11)14(21)17-15(19)26(22)23/h4,6,10,15H,3,5,7-9,16H2,1-2H3,(H,17,21)(H,22,23). The van der Waals surface area contributed by atoms with Gasteiger partial charge in [-0.3, -0.25) is 9.59 Å². The molecule has 0 aliphatic carbocycles. The minimum absolute atomic E-state index is 0.0125. The van der Waals surface area contributed by atoms with Crippen LogP contribution in [0.25, 0.3) is 0 Å². The highest BCUT2D eigenvalue weighted by Gasteiger charge is 2.36. The van der Waals surface area contributed by atoms with E-state index in [0.29, 0.717) is 18.8 Å². The van der Waals surface area contributed by atoms with E-state index in [1.165, 1.54) is 4.57 Å². The lowest BCUT2D eigenvalue weighted by Crippen LogP contribution is -2.56. The summed E-state index contributed by atoms with van der Waals surface area (Å²) >= 11 is -2.30. The number of esters is 1. The van der Waals surface area contributed by atoms with Crippen molar-refractivity contribution in [3.63, 3.8) is 0 Å². The van der Waals surface area contributed by atoms with Crippen LogP contribution in [0.2, 0.25) is 0 Å². The lowest BCUT2D eigenvalue weighted by molar-refractivity contribution is -0.147. The van der Waals surface area contributed by atoms with Gasteiger partial charge >= 0.3 is 5.97 Å². The number of fused-ring (bicyclic) bond motifs is 1. The highest BCUT2D eigenvalue weighted by Crippen LogP contribution is 2.28. The largest absolute Gasteiger partial charge is 0.444 e. The van der Waals surface area contributed by atoms with Crippen LogP contribution >= 0.6 is 0 Å². The maximum Gasteiger partial charge on any atom is 0.308 e. The van der Waals surface area contributed by atoms with Crippen LogP contribution < -0.4 is 16.0 Å². The molecule has 10 nitrogen and oxygen atoms in total. The van der Waals surface area contributed by atoms with Gasteiger partial charge in [-0.1, -0.05) is 0 Å². The second-order valence-electron chi connectivity index (χ2n) is 5.92. The Morgan fingerprint density at radius 2 is 2.23 bits per heavy atom. The number of nitrogens with zero attached hydrogens (tertiary/aromatic N) is 2. The second kappa shape index (κ2) is 9.12. The molecule has 146 valence electrons. The molecule has 0 fully saturated rings. The molecule has 2 rings (SSSR count). The maximum absolute atomic E-state index is 12.4. The van der Waals surface area contributed by atoms with E-state index in [-0.39, 0.29) is 31.5 Å². The SMILES string of the molecule is CC(C)OCCN1c2ccn(COC(=O)CCN)c2C(=O)NC1S(=O)O. The van der Waals surface area contributed by atoms with Gasteiger partial charge in [-0.15, -0.1) is 0 Å². The molecule has 4 N–H and O–H groups in total. The summed E-state index contributed by atoms with van der Waals surface area (Å²) in [7, 11) is 0. The molecular weight excluding hydrogens is 364 g/mol. The first-order valence-electron chi connectivity index (χ1n) is 8.18. The molecular formula is C15H24N4O6S. The van der Waals surface area contributed by atoms with Gasteiger partial charge in [-0.25, -0.2) is 4.21 Å². The van der Waals surface area contributed by atoms with Gasteiger partial charge in [-0.2, -0.15) is 0 Å². The van der Waals surface area contributed by atoms with Crippen LogP contribution in [0.5, 0.6) is 0 Å². The van der Waals surface area contributed by atoms with Crippen molar-refractivity contribution in [2.45, 2.75) is 38.6 Å². The first kappa shape index (κ1) is 20.4. The Kier molecular flexibility index (Phi) is 7.14. The van der Waals surface area contributed by atoms with Gasteiger partial charge in [-0.05, 0) is 19.9 Å². The van der Waals surface area contributed by atoms with Crippen molar-refractivity contribution in [2.24, 2.45) is 5.73 Å². The van der Waals surface area contributed by atoms with Crippen molar-refractivity contribution in [1.29, 1.82) is 0 Å². The minimum Gasteiger partial charge on any atom is -0.444 e. The van der Waals surface area contributed by atoms with Crippen molar-refractivity contribution >= 4 is 28.6 Å². The first-order valence-corrected chi connectivity index (χ1v) is 9.35. The molecule has 2 atom stereocenters. The van der Waals surface area contributed by atoms with Crippen molar-refractivity contribution in [3.05, 3.63) is 18.0 Å². The Bertz CT molecular complexity index is 677. The second-order valence-corrected chi connectivity index (χ2v) is 6.92. The third kappa shape index (κ3) is 4.81. The van der Waals surface area contributed by atoms with Crippen LogP contribution in [0.3, 0.4) is 0 Å². The third-order valence-corrected chi connectivity index (χ3v) is 4.45. The van der Waals surface area contributed by atoms with Gasteiger partial charge in [0.15, 0.2) is 17.8 Å². The molecule has 0 aromatic carbocycles. The lowest BCUT2D eigenvalue weighted by atomic mass is 10.2. The molecule has 0 saturated heterocycles. The van der Waals surface area contributed by atoms with Crippen LogP contribution in [0.15, 0.2) is 12.3 Å². The first-order chi connectivity index (χ1) is 12.3. The molecule has 1 amide bonds. The Morgan fingerprint density at radius 1 is 1.50 bits per heavy atom. The van der Waals surface area contributed by atoms with Gasteiger partial charge < -0.3 is 34.5 Å². The monoisotopic (exact) mass is 388 g/mol. The number of carbonyl (C=O) groups is 2. The van der Waals surface area contributed by atoms with Crippen LogP contribution in [0.4, 0.5) is 5.69 Å². The summed E-state index contributed by atoms with van der Waals surface area (Å²) in [5, 5.41) is 2.50. The van der Waals surface area contributed by atoms with E-state index in [4.69, 9.17) is 15.2 Å². The number of rotatable bonds is 9. The van der Waals surface area contributed by atoms with E-state index in [1.807, 2.05) is 13.8 Å². The Balaban J connectivity index is 2.21. The maximum atomic E-state index is 12.4. The van der Waals surface area contributed by atoms with E-state index in [9.17, 15) is 18.4 Å². The average molecular weight is 388 g/mol. The zero-order valence-electron chi connectivity index (χ0n) is 14.7. The lowest BCUT2D eigenvalue weighted by Gasteiger charge is -2.35. The van der Waals surface area contributed by atoms with Gasteiger partial charge in [0, 0.05) is 19.3 Å². The van der Waals surface area contributed by atoms with E-state index >= 15 is 0 Å². The quantitative estimate of drug-likeness (QED) is 0.391.